The van der Waals surface area contributed by atoms with Crippen LogP contribution in [0.25, 0.3) is 11.0 Å². The van der Waals surface area contributed by atoms with E-state index in [0.717, 1.165) is 36.8 Å². The fraction of sp³-hybridized carbons (Fsp3) is 0.500. The Morgan fingerprint density at radius 1 is 1.36 bits per heavy atom. The van der Waals surface area contributed by atoms with Gasteiger partial charge in [0.2, 0.25) is 5.91 Å². The van der Waals surface area contributed by atoms with Gasteiger partial charge in [-0.05, 0) is 37.8 Å². The predicted molar refractivity (Wildman–Crippen MR) is 83.6 cm³/mol. The Morgan fingerprint density at radius 2 is 2.18 bits per heavy atom. The number of amides is 1. The Hall–Kier alpha value is -2.08. The van der Waals surface area contributed by atoms with Gasteiger partial charge in [-0.3, -0.25) is 9.36 Å². The van der Waals surface area contributed by atoms with Crippen molar-refractivity contribution < 1.29 is 9.90 Å². The first kappa shape index (κ1) is 14.8. The smallest absolute Gasteiger partial charge is 0.326 e. The molecule has 1 unspecified atom stereocenters. The zero-order valence-corrected chi connectivity index (χ0v) is 12.5. The van der Waals surface area contributed by atoms with Crippen LogP contribution in [0.1, 0.15) is 25.7 Å². The number of aliphatic hydroxyl groups is 1. The van der Waals surface area contributed by atoms with Gasteiger partial charge in [0.25, 0.3) is 0 Å². The summed E-state index contributed by atoms with van der Waals surface area (Å²) >= 11 is 0. The SMILES string of the molecule is O=C(Cn1c(=O)[nH]c2ccccc21)N1CCCC1CCCO. The number of carbonyl (C=O) groups excluding carboxylic acids is 1. The third kappa shape index (κ3) is 2.78. The van der Waals surface area contributed by atoms with Gasteiger partial charge in [-0.15, -0.1) is 0 Å². The second-order valence-electron chi connectivity index (χ2n) is 5.78. The molecule has 1 aromatic carbocycles. The highest BCUT2D eigenvalue weighted by Gasteiger charge is 2.28. The van der Waals surface area contributed by atoms with Crippen molar-refractivity contribution in [1.29, 1.82) is 0 Å². The number of rotatable bonds is 5. The Kier molecular flexibility index (Phi) is 4.29. The van der Waals surface area contributed by atoms with Crippen LogP contribution in [0.5, 0.6) is 0 Å². The third-order valence-electron chi connectivity index (χ3n) is 4.37. The van der Waals surface area contributed by atoms with Crippen molar-refractivity contribution in [1.82, 2.24) is 14.5 Å². The third-order valence-corrected chi connectivity index (χ3v) is 4.37. The first-order valence-corrected chi connectivity index (χ1v) is 7.78. The number of benzene rings is 1. The molecule has 0 bridgehead atoms. The molecule has 6 heteroatoms. The highest BCUT2D eigenvalue weighted by atomic mass is 16.3. The number of H-pyrrole nitrogens is 1. The zero-order chi connectivity index (χ0) is 15.5. The number of aromatic nitrogens is 2. The molecule has 118 valence electrons. The maximum atomic E-state index is 12.6. The minimum absolute atomic E-state index is 0.0210. The van der Waals surface area contributed by atoms with Crippen molar-refractivity contribution in [3.63, 3.8) is 0 Å². The van der Waals surface area contributed by atoms with Gasteiger partial charge in [-0.2, -0.15) is 0 Å². The summed E-state index contributed by atoms with van der Waals surface area (Å²) in [7, 11) is 0. The second kappa shape index (κ2) is 6.36. The molecule has 0 aliphatic carbocycles. The van der Waals surface area contributed by atoms with Crippen LogP contribution in [0.3, 0.4) is 0 Å². The van der Waals surface area contributed by atoms with Crippen molar-refractivity contribution in [2.24, 2.45) is 0 Å². The van der Waals surface area contributed by atoms with E-state index in [2.05, 4.69) is 4.98 Å². The van der Waals surface area contributed by atoms with Gasteiger partial charge in [0, 0.05) is 19.2 Å². The summed E-state index contributed by atoms with van der Waals surface area (Å²) in [5, 5.41) is 8.96. The first-order chi connectivity index (χ1) is 10.7. The van der Waals surface area contributed by atoms with Crippen molar-refractivity contribution >= 4 is 16.9 Å². The van der Waals surface area contributed by atoms with E-state index in [1.54, 1.807) is 0 Å². The van der Waals surface area contributed by atoms with Crippen molar-refractivity contribution in [3.8, 4) is 0 Å². The number of para-hydroxylation sites is 2. The van der Waals surface area contributed by atoms with Gasteiger partial charge < -0.3 is 15.0 Å². The Labute approximate surface area is 128 Å². The molecule has 1 fully saturated rings. The number of imidazole rings is 1. The highest BCUT2D eigenvalue weighted by molar-refractivity contribution is 5.80. The van der Waals surface area contributed by atoms with Crippen LogP contribution in [-0.4, -0.2) is 44.7 Å². The molecule has 2 aromatic rings. The molecule has 0 saturated carbocycles. The molecule has 2 N–H and O–H groups in total. The molecule has 6 nitrogen and oxygen atoms in total. The fourth-order valence-electron chi connectivity index (χ4n) is 3.28. The maximum Gasteiger partial charge on any atom is 0.326 e. The number of nitrogens with one attached hydrogen (secondary N) is 1. The molecule has 1 aliphatic rings. The zero-order valence-electron chi connectivity index (χ0n) is 12.5. The van der Waals surface area contributed by atoms with Crippen LogP contribution < -0.4 is 5.69 Å². The van der Waals surface area contributed by atoms with E-state index >= 15 is 0 Å². The standard InChI is InChI=1S/C16H21N3O3/c20-10-4-6-12-5-3-9-18(12)15(21)11-19-14-8-2-1-7-13(14)17-16(19)22/h1-2,7-8,12,20H,3-6,9-11H2,(H,17,22). The molecule has 3 rings (SSSR count). The molecular formula is C16H21N3O3. The number of hydrogen-bond acceptors (Lipinski definition) is 3. The van der Waals surface area contributed by atoms with E-state index in [-0.39, 0.29) is 30.8 Å². The number of nitrogens with zero attached hydrogens (tertiary/aromatic N) is 2. The van der Waals surface area contributed by atoms with Crippen molar-refractivity contribution in [3.05, 3.63) is 34.7 Å². The maximum absolute atomic E-state index is 12.6. The van der Waals surface area contributed by atoms with E-state index in [0.29, 0.717) is 6.42 Å². The highest BCUT2D eigenvalue weighted by Crippen LogP contribution is 2.22. The summed E-state index contributed by atoms with van der Waals surface area (Å²) in [5.41, 5.74) is 1.26. The van der Waals surface area contributed by atoms with Crippen LogP contribution >= 0.6 is 0 Å². The van der Waals surface area contributed by atoms with Gasteiger partial charge in [-0.1, -0.05) is 12.1 Å². The summed E-state index contributed by atoms with van der Waals surface area (Å²) in [4.78, 5) is 29.3. The lowest BCUT2D eigenvalue weighted by Gasteiger charge is -2.24. The number of likely N-dealkylation sites (tertiary alicyclic amines) is 1. The normalized spacial score (nSPS) is 18.2. The molecule has 2 heterocycles. The minimum atomic E-state index is -0.249. The molecule has 1 atom stereocenters. The van der Waals surface area contributed by atoms with Crippen LogP contribution in [0.15, 0.2) is 29.1 Å². The molecule has 0 radical (unpaired) electrons. The summed E-state index contributed by atoms with van der Waals surface area (Å²) in [5.74, 6) is -0.0210. The number of aliphatic hydroxyl groups excluding tert-OH is 1. The van der Waals surface area contributed by atoms with Crippen LogP contribution in [0.2, 0.25) is 0 Å². The Balaban J connectivity index is 1.78. The lowest BCUT2D eigenvalue weighted by Crippen LogP contribution is -2.39. The minimum Gasteiger partial charge on any atom is -0.396 e. The van der Waals surface area contributed by atoms with E-state index in [4.69, 9.17) is 5.11 Å². The summed E-state index contributed by atoms with van der Waals surface area (Å²) in [6.45, 7) is 0.963. The molecule has 1 saturated heterocycles. The lowest BCUT2D eigenvalue weighted by atomic mass is 10.1. The molecule has 22 heavy (non-hydrogen) atoms. The summed E-state index contributed by atoms with van der Waals surface area (Å²) in [6.07, 6.45) is 3.51. The lowest BCUT2D eigenvalue weighted by molar-refractivity contribution is -0.132. The largest absolute Gasteiger partial charge is 0.396 e. The van der Waals surface area contributed by atoms with Crippen LogP contribution in [0.4, 0.5) is 0 Å². The van der Waals surface area contributed by atoms with Crippen LogP contribution in [-0.2, 0) is 11.3 Å². The van der Waals surface area contributed by atoms with E-state index < -0.39 is 0 Å². The molecular weight excluding hydrogens is 282 g/mol. The number of hydrogen-bond donors (Lipinski definition) is 2. The number of aromatic amines is 1. The van der Waals surface area contributed by atoms with Crippen molar-refractivity contribution in [2.45, 2.75) is 38.3 Å². The number of carbonyl (C=O) groups is 1. The molecule has 1 amide bonds. The first-order valence-electron chi connectivity index (χ1n) is 7.78. The van der Waals surface area contributed by atoms with Gasteiger partial charge in [0.05, 0.1) is 11.0 Å². The van der Waals surface area contributed by atoms with E-state index in [9.17, 15) is 9.59 Å². The van der Waals surface area contributed by atoms with E-state index in [1.165, 1.54) is 4.57 Å². The quantitative estimate of drug-likeness (QED) is 0.868. The number of fused-ring (bicyclic) bond motifs is 1. The summed E-state index contributed by atoms with van der Waals surface area (Å²) in [6, 6.07) is 7.58. The van der Waals surface area contributed by atoms with Gasteiger partial charge >= 0.3 is 5.69 Å². The summed E-state index contributed by atoms with van der Waals surface area (Å²) < 4.78 is 1.50. The van der Waals surface area contributed by atoms with Gasteiger partial charge in [0.1, 0.15) is 6.54 Å². The second-order valence-corrected chi connectivity index (χ2v) is 5.78. The fourth-order valence-corrected chi connectivity index (χ4v) is 3.28. The monoisotopic (exact) mass is 303 g/mol. The van der Waals surface area contributed by atoms with Gasteiger partial charge in [-0.25, -0.2) is 4.79 Å². The van der Waals surface area contributed by atoms with Gasteiger partial charge in [0.15, 0.2) is 0 Å². The topological polar surface area (TPSA) is 78.3 Å². The average molecular weight is 303 g/mol. The Morgan fingerprint density at radius 3 is 3.00 bits per heavy atom. The molecule has 1 aliphatic heterocycles. The van der Waals surface area contributed by atoms with Crippen molar-refractivity contribution in [2.75, 3.05) is 13.2 Å². The Bertz CT molecular complexity index is 719. The molecule has 1 aromatic heterocycles. The van der Waals surface area contributed by atoms with E-state index in [1.807, 2.05) is 29.2 Å². The average Bonchev–Trinajstić information content (AvgIpc) is 3.10. The van der Waals surface area contributed by atoms with Crippen LogP contribution in [0, 0.1) is 0 Å². The predicted octanol–water partition coefficient (Wildman–Crippen LogP) is 1.09. The molecule has 0 spiro atoms.